The Hall–Kier alpha value is -2.59. The van der Waals surface area contributed by atoms with Crippen molar-refractivity contribution in [3.05, 3.63) is 65.9 Å². The maximum Gasteiger partial charge on any atom is 0.145 e. The molecule has 1 fully saturated rings. The Bertz CT molecular complexity index is 903. The molecule has 3 aromatic rings. The number of aryl methyl sites for hydroxylation is 1. The van der Waals surface area contributed by atoms with Gasteiger partial charge in [-0.15, -0.1) is 0 Å². The zero-order valence-corrected chi connectivity index (χ0v) is 16.0. The first-order valence-electron chi connectivity index (χ1n) is 9.60. The van der Waals surface area contributed by atoms with Crippen LogP contribution in [0.2, 0.25) is 0 Å². The number of para-hydroxylation sites is 1. The Morgan fingerprint density at radius 3 is 2.52 bits per heavy atom. The number of aromatic nitrogens is 1. The number of rotatable bonds is 5. The lowest BCUT2D eigenvalue weighted by Gasteiger charge is -2.32. The first kappa shape index (κ1) is 17.8. The Labute approximate surface area is 160 Å². The van der Waals surface area contributed by atoms with Crippen LogP contribution in [-0.2, 0) is 6.54 Å². The fourth-order valence-electron chi connectivity index (χ4n) is 3.78. The summed E-state index contributed by atoms with van der Waals surface area (Å²) in [6.07, 6.45) is 2.33. The van der Waals surface area contributed by atoms with Crippen molar-refractivity contribution in [1.29, 1.82) is 0 Å². The average Bonchev–Trinajstić information content (AvgIpc) is 2.70. The minimum atomic E-state index is 0.244. The van der Waals surface area contributed by atoms with Gasteiger partial charge in [-0.1, -0.05) is 36.4 Å². The second-order valence-electron chi connectivity index (χ2n) is 7.20. The van der Waals surface area contributed by atoms with Gasteiger partial charge >= 0.3 is 0 Å². The number of benzene rings is 2. The predicted octanol–water partition coefficient (Wildman–Crippen LogP) is 4.60. The highest BCUT2D eigenvalue weighted by Crippen LogP contribution is 2.33. The molecule has 0 bridgehead atoms. The van der Waals surface area contributed by atoms with Gasteiger partial charge in [0, 0.05) is 36.8 Å². The molecule has 0 saturated carbocycles. The molecule has 4 nitrogen and oxygen atoms in total. The van der Waals surface area contributed by atoms with Crippen molar-refractivity contribution in [2.24, 2.45) is 0 Å². The second kappa shape index (κ2) is 7.97. The van der Waals surface area contributed by atoms with Crippen molar-refractivity contribution >= 4 is 10.9 Å². The molecule has 0 unspecified atom stereocenters. The van der Waals surface area contributed by atoms with Gasteiger partial charge in [-0.25, -0.2) is 4.98 Å². The van der Waals surface area contributed by atoms with Crippen molar-refractivity contribution in [2.45, 2.75) is 32.4 Å². The number of piperidine rings is 1. The number of nitrogens with zero attached hydrogens (tertiary/aromatic N) is 2. The van der Waals surface area contributed by atoms with Crippen LogP contribution in [0.15, 0.2) is 54.6 Å². The van der Waals surface area contributed by atoms with Crippen LogP contribution in [0.1, 0.15) is 24.1 Å². The molecule has 2 heterocycles. The van der Waals surface area contributed by atoms with E-state index in [-0.39, 0.29) is 6.10 Å². The summed E-state index contributed by atoms with van der Waals surface area (Å²) < 4.78 is 11.9. The highest BCUT2D eigenvalue weighted by molar-refractivity contribution is 5.90. The van der Waals surface area contributed by atoms with Crippen molar-refractivity contribution in [3.8, 4) is 11.5 Å². The first-order chi connectivity index (χ1) is 13.2. The smallest absolute Gasteiger partial charge is 0.145 e. The summed E-state index contributed by atoms with van der Waals surface area (Å²) >= 11 is 0. The third-order valence-corrected chi connectivity index (χ3v) is 5.19. The zero-order valence-electron chi connectivity index (χ0n) is 16.0. The Kier molecular flexibility index (Phi) is 5.26. The summed E-state index contributed by atoms with van der Waals surface area (Å²) in [5.74, 6) is 1.71. The minimum absolute atomic E-state index is 0.244. The molecular weight excluding hydrogens is 336 g/mol. The molecule has 0 radical (unpaired) electrons. The molecule has 0 N–H and O–H groups in total. The van der Waals surface area contributed by atoms with E-state index in [0.717, 1.165) is 60.6 Å². The van der Waals surface area contributed by atoms with E-state index in [9.17, 15) is 0 Å². The quantitative estimate of drug-likeness (QED) is 0.665. The van der Waals surface area contributed by atoms with E-state index in [1.165, 1.54) is 5.56 Å². The SMILES string of the molecule is COc1cccc2c(OC3CCN(Cc4ccccc4)CC3)cc(C)nc12. The summed E-state index contributed by atoms with van der Waals surface area (Å²) in [6.45, 7) is 5.14. The Morgan fingerprint density at radius 1 is 1.00 bits per heavy atom. The number of pyridine rings is 1. The van der Waals surface area contributed by atoms with Gasteiger partial charge in [0.1, 0.15) is 23.1 Å². The van der Waals surface area contributed by atoms with Gasteiger partial charge in [0.25, 0.3) is 0 Å². The van der Waals surface area contributed by atoms with Gasteiger partial charge in [-0.3, -0.25) is 4.90 Å². The number of hydrogen-bond acceptors (Lipinski definition) is 4. The molecule has 4 rings (SSSR count). The van der Waals surface area contributed by atoms with Crippen molar-refractivity contribution in [3.63, 3.8) is 0 Å². The lowest BCUT2D eigenvalue weighted by Crippen LogP contribution is -2.37. The largest absolute Gasteiger partial charge is 0.494 e. The third-order valence-electron chi connectivity index (χ3n) is 5.19. The number of methoxy groups -OCH3 is 1. The van der Waals surface area contributed by atoms with Gasteiger partial charge in [-0.05, 0) is 37.5 Å². The molecular formula is C23H26N2O2. The van der Waals surface area contributed by atoms with Crippen LogP contribution < -0.4 is 9.47 Å². The van der Waals surface area contributed by atoms with Crippen molar-refractivity contribution < 1.29 is 9.47 Å². The Morgan fingerprint density at radius 2 is 1.78 bits per heavy atom. The normalized spacial score (nSPS) is 15.8. The van der Waals surface area contributed by atoms with E-state index >= 15 is 0 Å². The molecule has 1 aliphatic heterocycles. The predicted molar refractivity (Wildman–Crippen MR) is 108 cm³/mol. The van der Waals surface area contributed by atoms with Gasteiger partial charge in [0.05, 0.1) is 7.11 Å². The molecule has 1 aliphatic rings. The topological polar surface area (TPSA) is 34.6 Å². The summed E-state index contributed by atoms with van der Waals surface area (Å²) in [4.78, 5) is 7.15. The van der Waals surface area contributed by atoms with Crippen LogP contribution in [0.4, 0.5) is 0 Å². The molecule has 0 atom stereocenters. The van der Waals surface area contributed by atoms with Crippen LogP contribution >= 0.6 is 0 Å². The maximum atomic E-state index is 6.43. The maximum absolute atomic E-state index is 6.43. The summed E-state index contributed by atoms with van der Waals surface area (Å²) in [5, 5.41) is 1.02. The second-order valence-corrected chi connectivity index (χ2v) is 7.20. The van der Waals surface area contributed by atoms with Gasteiger partial charge in [-0.2, -0.15) is 0 Å². The van der Waals surface area contributed by atoms with Gasteiger partial charge in [0.15, 0.2) is 0 Å². The van der Waals surface area contributed by atoms with E-state index < -0.39 is 0 Å². The van der Waals surface area contributed by atoms with E-state index in [1.807, 2.05) is 25.1 Å². The standard InChI is InChI=1S/C23H26N2O2/c1-17-15-22(20-9-6-10-21(26-2)23(20)24-17)27-19-11-13-25(14-12-19)16-18-7-4-3-5-8-18/h3-10,15,19H,11-14,16H2,1-2H3. The molecule has 2 aromatic carbocycles. The summed E-state index contributed by atoms with van der Waals surface area (Å²) in [6, 6.07) is 18.7. The van der Waals surface area contributed by atoms with Crippen LogP contribution in [0.25, 0.3) is 10.9 Å². The molecule has 27 heavy (non-hydrogen) atoms. The highest BCUT2D eigenvalue weighted by Gasteiger charge is 2.22. The lowest BCUT2D eigenvalue weighted by atomic mass is 10.1. The zero-order chi connectivity index (χ0) is 18.6. The molecule has 4 heteroatoms. The molecule has 1 saturated heterocycles. The Balaban J connectivity index is 1.45. The number of fused-ring (bicyclic) bond motifs is 1. The van der Waals surface area contributed by atoms with E-state index in [1.54, 1.807) is 7.11 Å². The molecule has 0 aliphatic carbocycles. The molecule has 1 aromatic heterocycles. The molecule has 0 amide bonds. The summed E-state index contributed by atoms with van der Waals surface area (Å²) in [7, 11) is 1.68. The fraction of sp³-hybridized carbons (Fsp3) is 0.348. The molecule has 140 valence electrons. The fourth-order valence-corrected chi connectivity index (χ4v) is 3.78. The van der Waals surface area contributed by atoms with Crippen LogP contribution in [-0.4, -0.2) is 36.2 Å². The molecule has 0 spiro atoms. The summed E-state index contributed by atoms with van der Waals surface area (Å²) in [5.41, 5.74) is 3.19. The average molecular weight is 362 g/mol. The monoisotopic (exact) mass is 362 g/mol. The third kappa shape index (κ3) is 4.06. The van der Waals surface area contributed by atoms with Gasteiger partial charge in [0.2, 0.25) is 0 Å². The van der Waals surface area contributed by atoms with Crippen LogP contribution in [0.3, 0.4) is 0 Å². The van der Waals surface area contributed by atoms with Crippen LogP contribution in [0, 0.1) is 6.92 Å². The van der Waals surface area contributed by atoms with Crippen molar-refractivity contribution in [2.75, 3.05) is 20.2 Å². The van der Waals surface area contributed by atoms with E-state index in [4.69, 9.17) is 9.47 Å². The van der Waals surface area contributed by atoms with E-state index in [0.29, 0.717) is 0 Å². The van der Waals surface area contributed by atoms with Crippen LogP contribution in [0.5, 0.6) is 11.5 Å². The highest BCUT2D eigenvalue weighted by atomic mass is 16.5. The van der Waals surface area contributed by atoms with E-state index in [2.05, 4.69) is 46.3 Å². The van der Waals surface area contributed by atoms with Gasteiger partial charge < -0.3 is 9.47 Å². The minimum Gasteiger partial charge on any atom is -0.494 e. The number of likely N-dealkylation sites (tertiary alicyclic amines) is 1. The number of ether oxygens (including phenoxy) is 2. The first-order valence-corrected chi connectivity index (χ1v) is 9.60. The van der Waals surface area contributed by atoms with Crippen molar-refractivity contribution in [1.82, 2.24) is 9.88 Å². The number of hydrogen-bond donors (Lipinski definition) is 0. The lowest BCUT2D eigenvalue weighted by molar-refractivity contribution is 0.0979.